The van der Waals surface area contributed by atoms with Gasteiger partial charge in [0, 0.05) is 11.8 Å². The summed E-state index contributed by atoms with van der Waals surface area (Å²) >= 11 is 1.40. The lowest BCUT2D eigenvalue weighted by Crippen LogP contribution is -2.22. The third-order valence-corrected chi connectivity index (χ3v) is 4.17. The standard InChI is InChI=1S/C15H17FN2O3S/c1-9-6-14(21-18-9)17-15(19)10(2)22-8-11-4-5-13(20-3)12(16)7-11/h4-7,10H,8H2,1-3H3,(H,17,19)/t10-/m0/s1. The minimum absolute atomic E-state index is 0.185. The van der Waals surface area contributed by atoms with Crippen LogP contribution in [0, 0.1) is 12.7 Å². The molecule has 2 aromatic rings. The van der Waals surface area contributed by atoms with Crippen LogP contribution < -0.4 is 10.1 Å². The minimum Gasteiger partial charge on any atom is -0.494 e. The SMILES string of the molecule is COc1ccc(CS[C@@H](C)C(=O)Nc2cc(C)no2)cc1F. The van der Waals surface area contributed by atoms with Crippen LogP contribution in [-0.4, -0.2) is 23.4 Å². The normalized spacial score (nSPS) is 12.0. The number of aryl methyl sites for hydroxylation is 1. The average Bonchev–Trinajstić information content (AvgIpc) is 2.90. The number of thioether (sulfide) groups is 1. The second-order valence-corrected chi connectivity index (χ2v) is 6.07. The van der Waals surface area contributed by atoms with Gasteiger partial charge in [0.25, 0.3) is 0 Å². The molecule has 0 aliphatic heterocycles. The number of carbonyl (C=O) groups is 1. The number of ether oxygens (including phenoxy) is 1. The fraction of sp³-hybridized carbons (Fsp3) is 0.333. The molecule has 1 N–H and O–H groups in total. The first kappa shape index (κ1) is 16.4. The fourth-order valence-corrected chi connectivity index (χ4v) is 2.57. The van der Waals surface area contributed by atoms with Crippen LogP contribution in [0.3, 0.4) is 0 Å². The third-order valence-electron chi connectivity index (χ3n) is 2.96. The van der Waals surface area contributed by atoms with Crippen molar-refractivity contribution in [3.63, 3.8) is 0 Å². The van der Waals surface area contributed by atoms with Crippen LogP contribution in [0.1, 0.15) is 18.2 Å². The second kappa shape index (κ2) is 7.31. The van der Waals surface area contributed by atoms with Crippen molar-refractivity contribution >= 4 is 23.6 Å². The number of hydrogen-bond acceptors (Lipinski definition) is 5. The van der Waals surface area contributed by atoms with Crippen molar-refractivity contribution < 1.29 is 18.4 Å². The van der Waals surface area contributed by atoms with Crippen LogP contribution in [-0.2, 0) is 10.5 Å². The molecule has 7 heteroatoms. The van der Waals surface area contributed by atoms with Gasteiger partial charge in [-0.3, -0.25) is 10.1 Å². The number of carbonyl (C=O) groups excluding carboxylic acids is 1. The lowest BCUT2D eigenvalue weighted by atomic mass is 10.2. The Morgan fingerprint density at radius 1 is 1.50 bits per heavy atom. The van der Waals surface area contributed by atoms with Crippen molar-refractivity contribution in [1.82, 2.24) is 5.16 Å². The molecule has 1 heterocycles. The maximum absolute atomic E-state index is 13.6. The molecular weight excluding hydrogens is 307 g/mol. The number of aromatic nitrogens is 1. The number of rotatable bonds is 6. The van der Waals surface area contributed by atoms with Gasteiger partial charge in [0.2, 0.25) is 11.8 Å². The Kier molecular flexibility index (Phi) is 5.43. The first-order valence-corrected chi connectivity index (χ1v) is 7.72. The van der Waals surface area contributed by atoms with Gasteiger partial charge in [-0.15, -0.1) is 11.8 Å². The van der Waals surface area contributed by atoms with E-state index in [0.29, 0.717) is 17.3 Å². The molecule has 0 saturated heterocycles. The number of benzene rings is 1. The van der Waals surface area contributed by atoms with E-state index < -0.39 is 5.82 Å². The van der Waals surface area contributed by atoms with Crippen molar-refractivity contribution in [3.05, 3.63) is 41.3 Å². The van der Waals surface area contributed by atoms with Gasteiger partial charge in [-0.1, -0.05) is 11.2 Å². The highest BCUT2D eigenvalue weighted by molar-refractivity contribution is 7.99. The van der Waals surface area contributed by atoms with Gasteiger partial charge in [-0.2, -0.15) is 0 Å². The topological polar surface area (TPSA) is 64.4 Å². The van der Waals surface area contributed by atoms with Crippen LogP contribution in [0.5, 0.6) is 5.75 Å². The summed E-state index contributed by atoms with van der Waals surface area (Å²) in [5.41, 5.74) is 1.49. The first-order chi connectivity index (χ1) is 10.5. The zero-order chi connectivity index (χ0) is 16.1. The summed E-state index contributed by atoms with van der Waals surface area (Å²) in [6.07, 6.45) is 0. The summed E-state index contributed by atoms with van der Waals surface area (Å²) in [5.74, 6) is 0.459. The molecule has 0 fully saturated rings. The molecule has 0 spiro atoms. The maximum Gasteiger partial charge on any atom is 0.239 e. The smallest absolute Gasteiger partial charge is 0.239 e. The lowest BCUT2D eigenvalue weighted by Gasteiger charge is -2.11. The Morgan fingerprint density at radius 3 is 2.86 bits per heavy atom. The number of nitrogens with one attached hydrogen (secondary N) is 1. The van der Waals surface area contributed by atoms with Gasteiger partial charge in [-0.05, 0) is 31.5 Å². The van der Waals surface area contributed by atoms with E-state index in [-0.39, 0.29) is 16.9 Å². The molecule has 0 unspecified atom stereocenters. The van der Waals surface area contributed by atoms with Crippen molar-refractivity contribution in [2.24, 2.45) is 0 Å². The van der Waals surface area contributed by atoms with Crippen LogP contribution >= 0.6 is 11.8 Å². The number of amides is 1. The van der Waals surface area contributed by atoms with Gasteiger partial charge in [-0.25, -0.2) is 4.39 Å². The van der Waals surface area contributed by atoms with Gasteiger partial charge >= 0.3 is 0 Å². The molecule has 2 rings (SSSR count). The van der Waals surface area contributed by atoms with Crippen LogP contribution in [0.2, 0.25) is 0 Å². The zero-order valence-electron chi connectivity index (χ0n) is 12.6. The van der Waals surface area contributed by atoms with Crippen molar-refractivity contribution in [3.8, 4) is 5.75 Å². The van der Waals surface area contributed by atoms with Gasteiger partial charge in [0.05, 0.1) is 18.1 Å². The van der Waals surface area contributed by atoms with Crippen molar-refractivity contribution in [1.29, 1.82) is 0 Å². The Bertz CT molecular complexity index is 660. The van der Waals surface area contributed by atoms with Gasteiger partial charge < -0.3 is 9.26 Å². The van der Waals surface area contributed by atoms with Gasteiger partial charge in [0.15, 0.2) is 11.6 Å². The quantitative estimate of drug-likeness (QED) is 0.882. The highest BCUT2D eigenvalue weighted by Gasteiger charge is 2.16. The number of hydrogen-bond donors (Lipinski definition) is 1. The van der Waals surface area contributed by atoms with Crippen LogP contribution in [0.25, 0.3) is 0 Å². The van der Waals surface area contributed by atoms with Crippen molar-refractivity contribution in [2.75, 3.05) is 12.4 Å². The molecular formula is C15H17FN2O3S. The summed E-state index contributed by atoms with van der Waals surface area (Å²) in [7, 11) is 1.42. The summed E-state index contributed by atoms with van der Waals surface area (Å²) in [6, 6.07) is 6.41. The molecule has 0 radical (unpaired) electrons. The summed E-state index contributed by atoms with van der Waals surface area (Å²) in [6.45, 7) is 3.55. The minimum atomic E-state index is -0.408. The zero-order valence-corrected chi connectivity index (χ0v) is 13.4. The summed E-state index contributed by atoms with van der Waals surface area (Å²) in [5, 5.41) is 6.03. The Labute approximate surface area is 132 Å². The molecule has 0 aliphatic carbocycles. The van der Waals surface area contributed by atoms with Crippen molar-refractivity contribution in [2.45, 2.75) is 24.9 Å². The molecule has 22 heavy (non-hydrogen) atoms. The van der Waals surface area contributed by atoms with Crippen LogP contribution in [0.15, 0.2) is 28.8 Å². The highest BCUT2D eigenvalue weighted by Crippen LogP contribution is 2.23. The largest absolute Gasteiger partial charge is 0.494 e. The summed E-state index contributed by atoms with van der Waals surface area (Å²) in [4.78, 5) is 12.0. The molecule has 1 aromatic heterocycles. The van der Waals surface area contributed by atoms with E-state index in [1.807, 2.05) is 0 Å². The van der Waals surface area contributed by atoms with E-state index >= 15 is 0 Å². The van der Waals surface area contributed by atoms with E-state index in [1.54, 1.807) is 32.0 Å². The fourth-order valence-electron chi connectivity index (χ4n) is 1.74. The van der Waals surface area contributed by atoms with E-state index in [4.69, 9.17) is 9.26 Å². The third kappa shape index (κ3) is 4.24. The average molecular weight is 324 g/mol. The molecule has 1 aromatic carbocycles. The highest BCUT2D eigenvalue weighted by atomic mass is 32.2. The number of halogens is 1. The van der Waals surface area contributed by atoms with E-state index in [2.05, 4.69) is 10.5 Å². The monoisotopic (exact) mass is 324 g/mol. The number of anilines is 1. The predicted octanol–water partition coefficient (Wildman–Crippen LogP) is 3.39. The molecule has 5 nitrogen and oxygen atoms in total. The molecule has 118 valence electrons. The molecule has 1 amide bonds. The number of nitrogens with zero attached hydrogens (tertiary/aromatic N) is 1. The Hall–Kier alpha value is -2.02. The number of methoxy groups -OCH3 is 1. The second-order valence-electron chi connectivity index (χ2n) is 4.74. The van der Waals surface area contributed by atoms with Crippen LogP contribution in [0.4, 0.5) is 10.3 Å². The predicted molar refractivity (Wildman–Crippen MR) is 83.6 cm³/mol. The molecule has 0 bridgehead atoms. The van der Waals surface area contributed by atoms with E-state index in [9.17, 15) is 9.18 Å². The molecule has 0 saturated carbocycles. The Morgan fingerprint density at radius 2 is 2.27 bits per heavy atom. The lowest BCUT2D eigenvalue weighted by molar-refractivity contribution is -0.115. The maximum atomic E-state index is 13.6. The Balaban J connectivity index is 1.87. The van der Waals surface area contributed by atoms with E-state index in [0.717, 1.165) is 5.56 Å². The van der Waals surface area contributed by atoms with E-state index in [1.165, 1.54) is 24.9 Å². The summed E-state index contributed by atoms with van der Waals surface area (Å²) < 4.78 is 23.4. The molecule has 1 atom stereocenters. The first-order valence-electron chi connectivity index (χ1n) is 6.68. The van der Waals surface area contributed by atoms with Gasteiger partial charge in [0.1, 0.15) is 0 Å². The molecule has 0 aliphatic rings.